The van der Waals surface area contributed by atoms with Crippen molar-refractivity contribution in [2.24, 2.45) is 0 Å². The van der Waals surface area contributed by atoms with Crippen molar-refractivity contribution in [3.63, 3.8) is 0 Å². The van der Waals surface area contributed by atoms with Crippen molar-refractivity contribution >= 4 is 57.1 Å². The maximum Gasteiger partial charge on any atom is 0.265 e. The fraction of sp³-hybridized carbons (Fsp3) is 0.194. The summed E-state index contributed by atoms with van der Waals surface area (Å²) in [6.45, 7) is 3.45. The molecule has 1 aliphatic rings. The predicted molar refractivity (Wildman–Crippen MR) is 166 cm³/mol. The topological polar surface area (TPSA) is 70.7 Å². The van der Waals surface area contributed by atoms with Crippen molar-refractivity contribution in [3.05, 3.63) is 99.3 Å². The fourth-order valence-electron chi connectivity index (χ4n) is 4.61. The van der Waals surface area contributed by atoms with Gasteiger partial charge in [-0.25, -0.2) is 0 Å². The summed E-state index contributed by atoms with van der Waals surface area (Å²) in [6, 6.07) is 24.6. The minimum Gasteiger partial charge on any atom is -0.497 e. The van der Waals surface area contributed by atoms with Crippen LogP contribution >= 0.6 is 23.1 Å². The largest absolute Gasteiger partial charge is 0.497 e. The molecule has 0 atom stereocenters. The number of rotatable bonds is 10. The molecule has 0 bridgehead atoms. The van der Waals surface area contributed by atoms with Gasteiger partial charge >= 0.3 is 0 Å². The summed E-state index contributed by atoms with van der Waals surface area (Å²) in [5.74, 6) is 0.570. The van der Waals surface area contributed by atoms with Gasteiger partial charge in [-0.3, -0.25) is 4.55 Å². The molecule has 206 valence electrons. The zero-order valence-corrected chi connectivity index (χ0v) is 24.8. The summed E-state index contributed by atoms with van der Waals surface area (Å²) in [6.07, 6.45) is 6.73. The third kappa shape index (κ3) is 6.67. The van der Waals surface area contributed by atoms with Crippen LogP contribution in [0.4, 0.5) is 5.69 Å². The monoisotopic (exact) mass is 591 g/mol. The van der Waals surface area contributed by atoms with Crippen LogP contribution in [0.3, 0.4) is 0 Å². The smallest absolute Gasteiger partial charge is 0.265 e. The first-order chi connectivity index (χ1) is 19.3. The Morgan fingerprint density at radius 3 is 2.42 bits per heavy atom. The summed E-state index contributed by atoms with van der Waals surface area (Å²) >= 11 is 3.37. The number of hydrogen-bond donors (Lipinski definition) is 1. The number of anilines is 1. The van der Waals surface area contributed by atoms with E-state index < -0.39 is 10.1 Å². The Labute approximate surface area is 244 Å². The number of hydrogen-bond acceptors (Lipinski definition) is 6. The first-order valence-corrected chi connectivity index (χ1v) is 16.3. The van der Waals surface area contributed by atoms with Crippen molar-refractivity contribution in [3.8, 4) is 17.0 Å². The van der Waals surface area contributed by atoms with Gasteiger partial charge in [0.05, 0.1) is 35.0 Å². The molecule has 1 aliphatic heterocycles. The van der Waals surface area contributed by atoms with Gasteiger partial charge in [-0.15, -0.1) is 0 Å². The third-order valence-electron chi connectivity index (χ3n) is 6.60. The zero-order chi connectivity index (χ0) is 28.1. The first-order valence-electron chi connectivity index (χ1n) is 13.0. The molecular weight excluding hydrogens is 561 g/mol. The maximum atomic E-state index is 11.4. The number of thiazole rings is 1. The molecule has 2 heterocycles. The van der Waals surface area contributed by atoms with Crippen molar-refractivity contribution in [2.75, 3.05) is 24.3 Å². The molecule has 1 aromatic heterocycles. The number of thioether (sulfide) groups is 1. The Morgan fingerprint density at radius 1 is 1.00 bits per heavy atom. The Hall–Kier alpha value is -3.37. The summed E-state index contributed by atoms with van der Waals surface area (Å²) in [4.78, 5) is 3.50. The molecule has 0 spiro atoms. The van der Waals surface area contributed by atoms with Gasteiger partial charge in [-0.05, 0) is 54.4 Å². The lowest BCUT2D eigenvalue weighted by Gasteiger charge is -2.17. The van der Waals surface area contributed by atoms with E-state index in [4.69, 9.17) is 4.74 Å². The maximum absolute atomic E-state index is 11.4. The number of benzene rings is 3. The molecule has 0 radical (unpaired) electrons. The second kappa shape index (κ2) is 12.4. The van der Waals surface area contributed by atoms with Gasteiger partial charge in [0.2, 0.25) is 5.69 Å². The molecule has 5 rings (SSSR count). The number of methoxy groups -OCH3 is 1. The Bertz CT molecular complexity index is 1640. The lowest BCUT2D eigenvalue weighted by atomic mass is 10.1. The average Bonchev–Trinajstić information content (AvgIpc) is 3.52. The van der Waals surface area contributed by atoms with E-state index in [-0.39, 0.29) is 5.75 Å². The molecule has 9 heteroatoms. The molecule has 0 saturated carbocycles. The summed E-state index contributed by atoms with van der Waals surface area (Å²) in [5, 5.41) is 4.27. The van der Waals surface area contributed by atoms with Gasteiger partial charge in [0.15, 0.2) is 6.54 Å². The van der Waals surface area contributed by atoms with Crippen molar-refractivity contribution in [1.29, 1.82) is 0 Å². The quantitative estimate of drug-likeness (QED) is 0.121. The van der Waals surface area contributed by atoms with Gasteiger partial charge in [-0.1, -0.05) is 71.6 Å². The molecule has 4 aromatic rings. The van der Waals surface area contributed by atoms with Gasteiger partial charge in [-0.2, -0.15) is 13.0 Å². The second-order valence-corrected chi connectivity index (χ2v) is 12.8. The zero-order valence-electron chi connectivity index (χ0n) is 22.4. The SMILES string of the molecule is CCN1/C(=C\c2scc(-c3ccccc3)[n+]2CCCS(=O)(=O)O)Sc2cc(/C=C/c3ccc(OC)cc3)ccc21. The van der Waals surface area contributed by atoms with Crippen LogP contribution in [0.15, 0.2) is 88.1 Å². The van der Waals surface area contributed by atoms with E-state index in [1.54, 1.807) is 30.2 Å². The minimum atomic E-state index is -4.02. The molecule has 0 aliphatic carbocycles. The lowest BCUT2D eigenvalue weighted by Crippen LogP contribution is -2.37. The molecule has 0 fully saturated rings. The highest BCUT2D eigenvalue weighted by molar-refractivity contribution is 8.03. The molecule has 0 amide bonds. The van der Waals surface area contributed by atoms with Gasteiger partial charge in [0.1, 0.15) is 5.75 Å². The van der Waals surface area contributed by atoms with Crippen molar-refractivity contribution in [2.45, 2.75) is 24.8 Å². The standard InChI is InChI=1S/C31H30N2O4S3/c1-3-32-27-17-14-24(11-10-23-12-15-26(37-2)16-13-23)20-29(27)39-31(32)21-30-33(18-7-19-40(34,35)36)28(22-38-30)25-8-5-4-6-9-25/h4-6,8-17,20-22H,3,7,18-19H2,1-2H3/p+1/b11-10+. The summed E-state index contributed by atoms with van der Waals surface area (Å²) in [7, 11) is -2.35. The van der Waals surface area contributed by atoms with Crippen LogP contribution < -0.4 is 14.2 Å². The Morgan fingerprint density at radius 2 is 1.73 bits per heavy atom. The Kier molecular flexibility index (Phi) is 8.75. The number of ether oxygens (including phenoxy) is 1. The summed E-state index contributed by atoms with van der Waals surface area (Å²) in [5.41, 5.74) is 5.51. The van der Waals surface area contributed by atoms with E-state index >= 15 is 0 Å². The fourth-order valence-corrected chi connectivity index (χ4v) is 7.39. The molecule has 3 aromatic carbocycles. The van der Waals surface area contributed by atoms with E-state index in [0.717, 1.165) is 44.7 Å². The number of fused-ring (bicyclic) bond motifs is 1. The predicted octanol–water partition coefficient (Wildman–Crippen LogP) is 7.09. The van der Waals surface area contributed by atoms with Crippen molar-refractivity contribution in [1.82, 2.24) is 0 Å². The number of nitrogens with zero attached hydrogens (tertiary/aromatic N) is 2. The second-order valence-electron chi connectivity index (χ2n) is 9.28. The third-order valence-corrected chi connectivity index (χ3v) is 9.42. The van der Waals surface area contributed by atoms with E-state index in [0.29, 0.717) is 13.0 Å². The van der Waals surface area contributed by atoms with Gasteiger partial charge in [0.25, 0.3) is 15.1 Å². The molecule has 0 unspecified atom stereocenters. The first kappa shape index (κ1) is 28.2. The summed E-state index contributed by atoms with van der Waals surface area (Å²) < 4.78 is 39.4. The van der Waals surface area contributed by atoms with Crippen LogP contribution in [-0.2, 0) is 16.7 Å². The lowest BCUT2D eigenvalue weighted by molar-refractivity contribution is -0.683. The van der Waals surface area contributed by atoms with Gasteiger partial charge in [0, 0.05) is 23.4 Å². The van der Waals surface area contributed by atoms with Gasteiger partial charge < -0.3 is 9.64 Å². The van der Waals surface area contributed by atoms with Crippen LogP contribution in [0.1, 0.15) is 29.5 Å². The highest BCUT2D eigenvalue weighted by Crippen LogP contribution is 2.47. The normalized spacial score (nSPS) is 14.3. The molecule has 1 N–H and O–H groups in total. The van der Waals surface area contributed by atoms with Crippen LogP contribution in [0.25, 0.3) is 29.5 Å². The van der Waals surface area contributed by atoms with Crippen LogP contribution in [0, 0.1) is 0 Å². The van der Waals surface area contributed by atoms with Crippen molar-refractivity contribution < 1.29 is 22.3 Å². The highest BCUT2D eigenvalue weighted by atomic mass is 32.2. The average molecular weight is 592 g/mol. The van der Waals surface area contributed by atoms with Crippen LogP contribution in [0.2, 0.25) is 0 Å². The number of aromatic nitrogens is 1. The van der Waals surface area contributed by atoms with E-state index in [2.05, 4.69) is 70.3 Å². The van der Waals surface area contributed by atoms with E-state index in [9.17, 15) is 13.0 Å². The minimum absolute atomic E-state index is 0.270. The molecule has 40 heavy (non-hydrogen) atoms. The Balaban J connectivity index is 1.42. The highest BCUT2D eigenvalue weighted by Gasteiger charge is 2.27. The van der Waals surface area contributed by atoms with E-state index in [1.807, 2.05) is 42.5 Å². The van der Waals surface area contributed by atoms with E-state index in [1.165, 1.54) is 10.6 Å². The van der Waals surface area contributed by atoms with Crippen LogP contribution in [0.5, 0.6) is 5.75 Å². The molecule has 6 nitrogen and oxygen atoms in total. The molecule has 0 saturated heterocycles. The molecular formula is C31H31N2O4S3+. The van der Waals surface area contributed by atoms with Crippen LogP contribution in [-0.4, -0.2) is 32.4 Å².